The number of nitrogens with zero attached hydrogens (tertiary/aromatic N) is 1. The van der Waals surface area contributed by atoms with Gasteiger partial charge in [0.25, 0.3) is 0 Å². The van der Waals surface area contributed by atoms with Gasteiger partial charge in [-0.25, -0.2) is 4.79 Å². The van der Waals surface area contributed by atoms with Gasteiger partial charge in [0.2, 0.25) is 5.91 Å². The molecular formula is C12H18N2O4. The van der Waals surface area contributed by atoms with Crippen LogP contribution >= 0.6 is 0 Å². The lowest BCUT2D eigenvalue weighted by molar-refractivity contribution is -0.150. The number of piperidine rings is 1. The average Bonchev–Trinajstić information content (AvgIpc) is 2.15. The van der Waals surface area contributed by atoms with Crippen LogP contribution in [0.4, 0.5) is 4.79 Å². The molecule has 18 heavy (non-hydrogen) atoms. The minimum absolute atomic E-state index is 0.0124. The third-order valence-corrected chi connectivity index (χ3v) is 3.10. The highest BCUT2D eigenvalue weighted by Crippen LogP contribution is 2.37. The van der Waals surface area contributed by atoms with Gasteiger partial charge in [0.05, 0.1) is 12.0 Å². The molecule has 2 amide bonds. The van der Waals surface area contributed by atoms with E-state index in [4.69, 9.17) is 4.74 Å². The van der Waals surface area contributed by atoms with E-state index in [1.54, 1.807) is 20.8 Å². The number of carbonyl (C=O) groups excluding carboxylic acids is 3. The fourth-order valence-electron chi connectivity index (χ4n) is 2.28. The Morgan fingerprint density at radius 2 is 1.94 bits per heavy atom. The van der Waals surface area contributed by atoms with Crippen LogP contribution < -0.4 is 5.32 Å². The van der Waals surface area contributed by atoms with E-state index < -0.39 is 17.1 Å². The molecule has 100 valence electrons. The summed E-state index contributed by atoms with van der Waals surface area (Å²) in [7, 11) is 0. The maximum absolute atomic E-state index is 11.8. The van der Waals surface area contributed by atoms with Crippen LogP contribution in [0.25, 0.3) is 0 Å². The summed E-state index contributed by atoms with van der Waals surface area (Å²) in [5.74, 6) is -0.125. The van der Waals surface area contributed by atoms with Crippen molar-refractivity contribution in [1.82, 2.24) is 10.2 Å². The maximum atomic E-state index is 11.8. The van der Waals surface area contributed by atoms with E-state index >= 15 is 0 Å². The smallest absolute Gasteiger partial charge is 0.410 e. The van der Waals surface area contributed by atoms with Crippen molar-refractivity contribution in [2.75, 3.05) is 19.6 Å². The molecule has 2 aliphatic heterocycles. The Kier molecular flexibility index (Phi) is 2.83. The molecule has 2 rings (SSSR count). The Labute approximate surface area is 106 Å². The lowest BCUT2D eigenvalue weighted by Gasteiger charge is -2.49. The van der Waals surface area contributed by atoms with Crippen molar-refractivity contribution in [3.05, 3.63) is 0 Å². The van der Waals surface area contributed by atoms with Gasteiger partial charge in [-0.3, -0.25) is 9.59 Å². The summed E-state index contributed by atoms with van der Waals surface area (Å²) in [5, 5.41) is 2.57. The molecule has 0 aromatic heterocycles. The number of Topliss-reactive ketones (excluding diaryl/α,β-unsaturated/α-hetero) is 1. The molecule has 0 aromatic rings. The molecule has 0 aromatic carbocycles. The van der Waals surface area contributed by atoms with Gasteiger partial charge in [-0.2, -0.15) is 0 Å². The second-order valence-corrected chi connectivity index (χ2v) is 6.01. The first-order valence-corrected chi connectivity index (χ1v) is 6.00. The molecule has 0 radical (unpaired) electrons. The Balaban J connectivity index is 1.95. The van der Waals surface area contributed by atoms with E-state index in [0.717, 1.165) is 0 Å². The number of rotatable bonds is 0. The van der Waals surface area contributed by atoms with Gasteiger partial charge in [0.15, 0.2) is 5.78 Å². The average molecular weight is 254 g/mol. The van der Waals surface area contributed by atoms with Crippen molar-refractivity contribution >= 4 is 17.8 Å². The van der Waals surface area contributed by atoms with Gasteiger partial charge in [-0.05, 0) is 20.8 Å². The molecule has 2 saturated heterocycles. The molecule has 0 aliphatic carbocycles. The summed E-state index contributed by atoms with van der Waals surface area (Å²) in [4.78, 5) is 36.3. The van der Waals surface area contributed by atoms with Gasteiger partial charge < -0.3 is 15.0 Å². The second kappa shape index (κ2) is 3.96. The van der Waals surface area contributed by atoms with Crippen LogP contribution in [0.5, 0.6) is 0 Å². The van der Waals surface area contributed by atoms with Gasteiger partial charge in [-0.1, -0.05) is 0 Å². The SMILES string of the molecule is CC(C)(C)OC(=O)N1CC2(CC(=O)CNC2=O)C1. The quantitative estimate of drug-likeness (QED) is 0.675. The molecule has 1 spiro atoms. The van der Waals surface area contributed by atoms with Crippen LogP contribution in [-0.2, 0) is 14.3 Å². The topological polar surface area (TPSA) is 75.7 Å². The summed E-state index contributed by atoms with van der Waals surface area (Å²) in [5.41, 5.74) is -1.27. The van der Waals surface area contributed by atoms with Crippen molar-refractivity contribution in [2.24, 2.45) is 5.41 Å². The number of hydrogen-bond donors (Lipinski definition) is 1. The lowest BCUT2D eigenvalue weighted by Crippen LogP contribution is -2.68. The maximum Gasteiger partial charge on any atom is 0.410 e. The molecule has 2 fully saturated rings. The zero-order chi connectivity index (χ0) is 13.6. The van der Waals surface area contributed by atoms with Gasteiger partial charge >= 0.3 is 6.09 Å². The summed E-state index contributed by atoms with van der Waals surface area (Å²) >= 11 is 0. The van der Waals surface area contributed by atoms with E-state index in [-0.39, 0.29) is 37.7 Å². The first kappa shape index (κ1) is 12.9. The van der Waals surface area contributed by atoms with Gasteiger partial charge in [0, 0.05) is 19.5 Å². The minimum atomic E-state index is -0.716. The van der Waals surface area contributed by atoms with E-state index in [1.165, 1.54) is 4.90 Å². The fourth-order valence-corrected chi connectivity index (χ4v) is 2.28. The number of hydrogen-bond acceptors (Lipinski definition) is 4. The van der Waals surface area contributed by atoms with Crippen molar-refractivity contribution < 1.29 is 19.1 Å². The second-order valence-electron chi connectivity index (χ2n) is 6.01. The molecule has 0 saturated carbocycles. The molecule has 0 unspecified atom stereocenters. The third kappa shape index (κ3) is 2.32. The lowest BCUT2D eigenvalue weighted by atomic mass is 9.73. The third-order valence-electron chi connectivity index (χ3n) is 3.10. The van der Waals surface area contributed by atoms with Gasteiger partial charge in [-0.15, -0.1) is 0 Å². The van der Waals surface area contributed by atoms with E-state index in [2.05, 4.69) is 5.32 Å². The number of amides is 2. The predicted molar refractivity (Wildman–Crippen MR) is 62.9 cm³/mol. The number of nitrogens with one attached hydrogen (secondary N) is 1. The fraction of sp³-hybridized carbons (Fsp3) is 0.750. The summed E-state index contributed by atoms with van der Waals surface area (Å²) in [6.07, 6.45) is -0.211. The summed E-state index contributed by atoms with van der Waals surface area (Å²) < 4.78 is 5.21. The van der Waals surface area contributed by atoms with Crippen molar-refractivity contribution in [1.29, 1.82) is 0 Å². The van der Waals surface area contributed by atoms with Crippen molar-refractivity contribution in [3.8, 4) is 0 Å². The summed E-state index contributed by atoms with van der Waals surface area (Å²) in [6.45, 7) is 6.00. The molecule has 0 bridgehead atoms. The molecule has 0 atom stereocenters. The predicted octanol–water partition coefficient (Wildman–Crippen LogP) is 0.313. The van der Waals surface area contributed by atoms with Crippen LogP contribution in [-0.4, -0.2) is 47.9 Å². The monoisotopic (exact) mass is 254 g/mol. The normalized spacial score (nSPS) is 22.5. The Bertz CT molecular complexity index is 405. The standard InChI is InChI=1S/C12H18N2O4/c1-11(2,3)18-10(17)14-6-12(7-14)4-8(15)5-13-9(12)16/h4-7H2,1-3H3,(H,13,16). The van der Waals surface area contributed by atoms with E-state index in [9.17, 15) is 14.4 Å². The van der Waals surface area contributed by atoms with Crippen LogP contribution in [0.2, 0.25) is 0 Å². The Hall–Kier alpha value is -1.59. The molecule has 1 N–H and O–H groups in total. The zero-order valence-corrected chi connectivity index (χ0v) is 10.9. The van der Waals surface area contributed by atoms with Crippen LogP contribution in [0.1, 0.15) is 27.2 Å². The van der Waals surface area contributed by atoms with Crippen molar-refractivity contribution in [2.45, 2.75) is 32.8 Å². The van der Waals surface area contributed by atoms with Crippen LogP contribution in [0, 0.1) is 5.41 Å². The highest BCUT2D eigenvalue weighted by molar-refractivity contribution is 5.98. The molecule has 6 heteroatoms. The minimum Gasteiger partial charge on any atom is -0.444 e. The largest absolute Gasteiger partial charge is 0.444 e. The number of carbonyl (C=O) groups is 3. The molecule has 2 heterocycles. The number of ether oxygens (including phenoxy) is 1. The van der Waals surface area contributed by atoms with E-state index in [0.29, 0.717) is 0 Å². The van der Waals surface area contributed by atoms with Crippen molar-refractivity contribution in [3.63, 3.8) is 0 Å². The molecular weight excluding hydrogens is 236 g/mol. The first-order valence-electron chi connectivity index (χ1n) is 6.00. The van der Waals surface area contributed by atoms with Crippen LogP contribution in [0.3, 0.4) is 0 Å². The molecule has 6 nitrogen and oxygen atoms in total. The Morgan fingerprint density at radius 3 is 2.50 bits per heavy atom. The first-order chi connectivity index (χ1) is 8.22. The molecule has 2 aliphatic rings. The Morgan fingerprint density at radius 1 is 1.33 bits per heavy atom. The van der Waals surface area contributed by atoms with E-state index in [1.807, 2.05) is 0 Å². The zero-order valence-electron chi connectivity index (χ0n) is 10.9. The summed E-state index contributed by atoms with van der Waals surface area (Å²) in [6, 6.07) is 0. The number of likely N-dealkylation sites (tertiary alicyclic amines) is 1. The van der Waals surface area contributed by atoms with Crippen LogP contribution in [0.15, 0.2) is 0 Å². The number of ketones is 1. The van der Waals surface area contributed by atoms with Gasteiger partial charge in [0.1, 0.15) is 5.60 Å². The highest BCUT2D eigenvalue weighted by Gasteiger charge is 2.54. The highest BCUT2D eigenvalue weighted by atomic mass is 16.6.